The predicted molar refractivity (Wildman–Crippen MR) is 132 cm³/mol. The summed E-state index contributed by atoms with van der Waals surface area (Å²) in [5, 5.41) is 5.03. The number of anilines is 1. The van der Waals surface area contributed by atoms with E-state index >= 15 is 0 Å². The molecule has 1 N–H and O–H groups in total. The van der Waals surface area contributed by atoms with Crippen molar-refractivity contribution in [2.24, 2.45) is 0 Å². The second-order valence-electron chi connectivity index (χ2n) is 7.48. The molecule has 1 aliphatic rings. The molecule has 1 aliphatic heterocycles. The molecule has 0 radical (unpaired) electrons. The molecular weight excluding hydrogens is 432 g/mol. The van der Waals surface area contributed by atoms with Crippen molar-refractivity contribution in [2.75, 3.05) is 11.9 Å². The van der Waals surface area contributed by atoms with E-state index in [-0.39, 0.29) is 11.8 Å². The van der Waals surface area contributed by atoms with Crippen LogP contribution in [0.15, 0.2) is 34.6 Å². The molecule has 2 heterocycles. The van der Waals surface area contributed by atoms with Gasteiger partial charge in [0.15, 0.2) is 0 Å². The van der Waals surface area contributed by atoms with Crippen molar-refractivity contribution in [1.82, 2.24) is 4.90 Å². The van der Waals surface area contributed by atoms with Crippen LogP contribution < -0.4 is 5.32 Å². The number of amides is 2. The van der Waals surface area contributed by atoms with Gasteiger partial charge in [-0.3, -0.25) is 14.5 Å². The number of thioether (sulfide) groups is 1. The van der Waals surface area contributed by atoms with E-state index in [1.54, 1.807) is 16.2 Å². The van der Waals surface area contributed by atoms with Crippen molar-refractivity contribution in [3.63, 3.8) is 0 Å². The normalized spacial score (nSPS) is 15.3. The average molecular weight is 459 g/mol. The highest BCUT2D eigenvalue weighted by Gasteiger charge is 2.31. The largest absolute Gasteiger partial charge is 0.326 e. The fourth-order valence-corrected chi connectivity index (χ4v) is 5.54. The third-order valence-electron chi connectivity index (χ3n) is 4.92. The number of thiocarbonyl (C=S) groups is 1. The van der Waals surface area contributed by atoms with Crippen molar-refractivity contribution in [3.8, 4) is 0 Å². The van der Waals surface area contributed by atoms with Gasteiger partial charge < -0.3 is 5.32 Å². The predicted octanol–water partition coefficient (Wildman–Crippen LogP) is 6.07. The minimum Gasteiger partial charge on any atom is -0.326 e. The SMILES string of the molecule is Cc1cc(C)c(NC(=O)CCCCCN2C(=O)C(=Cc3cccs3)SC2=S)c(C)c1. The van der Waals surface area contributed by atoms with Gasteiger partial charge in [0.1, 0.15) is 4.32 Å². The van der Waals surface area contributed by atoms with Gasteiger partial charge in [0, 0.05) is 23.5 Å². The van der Waals surface area contributed by atoms with Crippen molar-refractivity contribution in [2.45, 2.75) is 46.5 Å². The Balaban J connectivity index is 1.41. The number of aryl methyl sites for hydroxylation is 3. The molecule has 1 aromatic heterocycles. The van der Waals surface area contributed by atoms with Crippen LogP contribution in [0.25, 0.3) is 6.08 Å². The molecule has 158 valence electrons. The number of nitrogens with one attached hydrogen (secondary N) is 1. The van der Waals surface area contributed by atoms with E-state index in [1.165, 1.54) is 17.3 Å². The van der Waals surface area contributed by atoms with Crippen molar-refractivity contribution in [1.29, 1.82) is 0 Å². The Labute approximate surface area is 191 Å². The lowest BCUT2D eigenvalue weighted by molar-refractivity contribution is -0.122. The maximum Gasteiger partial charge on any atom is 0.266 e. The number of thiophene rings is 1. The van der Waals surface area contributed by atoms with Gasteiger partial charge >= 0.3 is 0 Å². The quantitative estimate of drug-likeness (QED) is 0.296. The summed E-state index contributed by atoms with van der Waals surface area (Å²) in [6.07, 6.45) is 4.87. The van der Waals surface area contributed by atoms with Crippen LogP contribution in [-0.4, -0.2) is 27.6 Å². The zero-order chi connectivity index (χ0) is 21.7. The molecule has 1 saturated heterocycles. The first-order valence-electron chi connectivity index (χ1n) is 10.0. The monoisotopic (exact) mass is 458 g/mol. The van der Waals surface area contributed by atoms with Gasteiger partial charge in [0.05, 0.1) is 4.91 Å². The molecule has 4 nitrogen and oxygen atoms in total. The van der Waals surface area contributed by atoms with E-state index < -0.39 is 0 Å². The number of carbonyl (C=O) groups is 2. The van der Waals surface area contributed by atoms with E-state index in [0.29, 0.717) is 22.2 Å². The summed E-state index contributed by atoms with van der Waals surface area (Å²) >= 11 is 8.35. The first-order chi connectivity index (χ1) is 14.3. The number of rotatable bonds is 8. The maximum atomic E-state index is 12.6. The van der Waals surface area contributed by atoms with Crippen LogP contribution in [0.1, 0.15) is 47.3 Å². The average Bonchev–Trinajstić information content (AvgIpc) is 3.28. The molecular formula is C23H26N2O2S3. The van der Waals surface area contributed by atoms with Crippen LogP contribution >= 0.6 is 35.3 Å². The van der Waals surface area contributed by atoms with E-state index in [9.17, 15) is 9.59 Å². The summed E-state index contributed by atoms with van der Waals surface area (Å²) in [6.45, 7) is 6.70. The summed E-state index contributed by atoms with van der Waals surface area (Å²) < 4.78 is 0.617. The standard InChI is InChI=1S/C23H26N2O2S3/c1-15-12-16(2)21(17(3)13-15)24-20(26)9-5-4-6-10-25-22(27)19(30-23(25)28)14-18-8-7-11-29-18/h7-8,11-14H,4-6,9-10H2,1-3H3,(H,24,26). The van der Waals surface area contributed by atoms with Gasteiger partial charge in [0.25, 0.3) is 5.91 Å². The van der Waals surface area contributed by atoms with Crippen LogP contribution in [0, 0.1) is 20.8 Å². The van der Waals surface area contributed by atoms with Crippen LogP contribution in [0.2, 0.25) is 0 Å². The molecule has 3 rings (SSSR count). The first kappa shape index (κ1) is 22.7. The van der Waals surface area contributed by atoms with Crippen molar-refractivity contribution < 1.29 is 9.59 Å². The number of hydrogen-bond acceptors (Lipinski definition) is 5. The smallest absolute Gasteiger partial charge is 0.266 e. The minimum absolute atomic E-state index is 0.0125. The third kappa shape index (κ3) is 5.80. The van der Waals surface area contributed by atoms with Crippen LogP contribution in [0.3, 0.4) is 0 Å². The number of carbonyl (C=O) groups excluding carboxylic acids is 2. The van der Waals surface area contributed by atoms with Gasteiger partial charge in [0.2, 0.25) is 5.91 Å². The first-order valence-corrected chi connectivity index (χ1v) is 12.1. The molecule has 0 bridgehead atoms. The van der Waals surface area contributed by atoms with E-state index in [2.05, 4.69) is 24.4 Å². The molecule has 7 heteroatoms. The Morgan fingerprint density at radius 3 is 2.57 bits per heavy atom. The van der Waals surface area contributed by atoms with Gasteiger partial charge in [-0.1, -0.05) is 54.2 Å². The number of nitrogens with zero attached hydrogens (tertiary/aromatic N) is 1. The fourth-order valence-electron chi connectivity index (χ4n) is 3.51. The highest BCUT2D eigenvalue weighted by Crippen LogP contribution is 2.33. The van der Waals surface area contributed by atoms with Gasteiger partial charge in [-0.25, -0.2) is 0 Å². The highest BCUT2D eigenvalue weighted by molar-refractivity contribution is 8.26. The molecule has 0 aliphatic carbocycles. The van der Waals surface area contributed by atoms with Crippen molar-refractivity contribution in [3.05, 3.63) is 56.1 Å². The van der Waals surface area contributed by atoms with E-state index in [1.807, 2.05) is 37.4 Å². The van der Waals surface area contributed by atoms with Crippen LogP contribution in [0.4, 0.5) is 5.69 Å². The second kappa shape index (κ2) is 10.4. The zero-order valence-corrected chi connectivity index (χ0v) is 19.9. The molecule has 2 aromatic rings. The lowest BCUT2D eigenvalue weighted by Crippen LogP contribution is -2.29. The highest BCUT2D eigenvalue weighted by atomic mass is 32.2. The summed E-state index contributed by atoms with van der Waals surface area (Å²) in [5.74, 6) is 0.0241. The lowest BCUT2D eigenvalue weighted by atomic mass is 10.0. The molecule has 1 fully saturated rings. The van der Waals surface area contributed by atoms with Crippen molar-refractivity contribution >= 4 is 63.2 Å². The van der Waals surface area contributed by atoms with E-state index in [4.69, 9.17) is 12.2 Å². The number of hydrogen-bond donors (Lipinski definition) is 1. The third-order valence-corrected chi connectivity index (χ3v) is 7.11. The number of unbranched alkanes of at least 4 members (excludes halogenated alkanes) is 2. The molecule has 0 spiro atoms. The van der Waals surface area contributed by atoms with Gasteiger partial charge in [-0.2, -0.15) is 0 Å². The lowest BCUT2D eigenvalue weighted by Gasteiger charge is -2.14. The minimum atomic E-state index is -0.0125. The summed E-state index contributed by atoms with van der Waals surface area (Å²) in [5.41, 5.74) is 4.29. The molecule has 0 saturated carbocycles. The summed E-state index contributed by atoms with van der Waals surface area (Å²) in [4.78, 5) is 28.3. The summed E-state index contributed by atoms with van der Waals surface area (Å²) in [6, 6.07) is 8.12. The molecule has 2 amide bonds. The summed E-state index contributed by atoms with van der Waals surface area (Å²) in [7, 11) is 0. The van der Waals surface area contributed by atoms with E-state index in [0.717, 1.165) is 41.0 Å². The maximum absolute atomic E-state index is 12.6. The molecule has 0 unspecified atom stereocenters. The molecule has 0 atom stereocenters. The fraction of sp³-hybridized carbons (Fsp3) is 0.348. The number of benzene rings is 1. The van der Waals surface area contributed by atoms with Crippen LogP contribution in [0.5, 0.6) is 0 Å². The van der Waals surface area contributed by atoms with Gasteiger partial charge in [-0.15, -0.1) is 11.3 Å². The topological polar surface area (TPSA) is 49.4 Å². The Bertz CT molecular complexity index is 957. The molecule has 30 heavy (non-hydrogen) atoms. The molecule has 1 aromatic carbocycles. The van der Waals surface area contributed by atoms with Crippen LogP contribution in [-0.2, 0) is 9.59 Å². The zero-order valence-electron chi connectivity index (χ0n) is 17.5. The van der Waals surface area contributed by atoms with Gasteiger partial charge in [-0.05, 0) is 62.3 Å². The second-order valence-corrected chi connectivity index (χ2v) is 10.1. The Kier molecular flexibility index (Phi) is 7.86. The Morgan fingerprint density at radius 1 is 1.17 bits per heavy atom. The Morgan fingerprint density at radius 2 is 1.90 bits per heavy atom. The Hall–Kier alpha value is -1.96.